The number of pyridine rings is 1. The van der Waals surface area contributed by atoms with E-state index in [4.69, 9.17) is 4.74 Å². The Hall–Kier alpha value is -1.98. The molecule has 0 N–H and O–H groups in total. The lowest BCUT2D eigenvalue weighted by Crippen LogP contribution is -2.48. The van der Waals surface area contributed by atoms with Crippen molar-refractivity contribution >= 4 is 16.7 Å². The van der Waals surface area contributed by atoms with E-state index in [1.54, 1.807) is 0 Å². The third-order valence-corrected chi connectivity index (χ3v) is 6.06. The number of amides is 1. The largest absolute Gasteiger partial charge is 0.381 e. The van der Waals surface area contributed by atoms with Crippen molar-refractivity contribution < 1.29 is 9.53 Å². The van der Waals surface area contributed by atoms with Crippen molar-refractivity contribution in [1.29, 1.82) is 0 Å². The first-order valence-corrected chi connectivity index (χ1v) is 10.1. The van der Waals surface area contributed by atoms with Gasteiger partial charge in [-0.1, -0.05) is 18.2 Å². The van der Waals surface area contributed by atoms with E-state index in [9.17, 15) is 4.79 Å². The summed E-state index contributed by atoms with van der Waals surface area (Å²) in [6.45, 7) is 4.38. The van der Waals surface area contributed by atoms with Crippen LogP contribution in [0.1, 0.15) is 31.2 Å². The Kier molecular flexibility index (Phi) is 5.69. The van der Waals surface area contributed by atoms with Gasteiger partial charge in [0.05, 0.1) is 5.92 Å². The molecule has 2 aromatic rings. The van der Waals surface area contributed by atoms with Crippen molar-refractivity contribution in [2.45, 2.75) is 38.3 Å². The molecular weight excluding hydrogens is 338 g/mol. The lowest BCUT2D eigenvalue weighted by molar-refractivity contribution is -0.137. The van der Waals surface area contributed by atoms with E-state index in [1.165, 1.54) is 10.9 Å². The Bertz CT molecular complexity index is 783. The number of benzene rings is 1. The summed E-state index contributed by atoms with van der Waals surface area (Å²) in [5.74, 6) is 0.390. The van der Waals surface area contributed by atoms with Gasteiger partial charge in [-0.25, -0.2) is 0 Å². The normalized spacial score (nSPS) is 22.0. The summed E-state index contributed by atoms with van der Waals surface area (Å²) in [5, 5.41) is 2.30. The van der Waals surface area contributed by atoms with Gasteiger partial charge in [0, 0.05) is 57.2 Å². The van der Waals surface area contributed by atoms with Crippen molar-refractivity contribution in [2.75, 3.05) is 33.4 Å². The maximum Gasteiger partial charge on any atom is 0.227 e. The van der Waals surface area contributed by atoms with E-state index in [0.717, 1.165) is 57.4 Å². The first kappa shape index (κ1) is 18.4. The highest BCUT2D eigenvalue weighted by molar-refractivity contribution is 5.85. The summed E-state index contributed by atoms with van der Waals surface area (Å²) < 4.78 is 5.50. The molecule has 2 saturated heterocycles. The highest BCUT2D eigenvalue weighted by atomic mass is 16.5. The van der Waals surface area contributed by atoms with Crippen molar-refractivity contribution in [3.05, 3.63) is 42.2 Å². The molecule has 5 nitrogen and oxygen atoms in total. The smallest absolute Gasteiger partial charge is 0.227 e. The fourth-order valence-electron chi connectivity index (χ4n) is 4.56. The molecule has 2 aliphatic rings. The van der Waals surface area contributed by atoms with Gasteiger partial charge in [-0.3, -0.25) is 14.7 Å². The molecule has 4 rings (SSSR count). The number of likely N-dealkylation sites (tertiary alicyclic amines) is 1. The Labute approximate surface area is 161 Å². The Morgan fingerprint density at radius 2 is 2.11 bits per heavy atom. The molecule has 0 bridgehead atoms. The fraction of sp³-hybridized carbons (Fsp3) is 0.545. The van der Waals surface area contributed by atoms with Gasteiger partial charge >= 0.3 is 0 Å². The summed E-state index contributed by atoms with van der Waals surface area (Å²) >= 11 is 0. The van der Waals surface area contributed by atoms with Crippen LogP contribution in [0.25, 0.3) is 10.8 Å². The topological polar surface area (TPSA) is 45.7 Å². The number of carbonyl (C=O) groups is 1. The van der Waals surface area contributed by atoms with Crippen LogP contribution in [0, 0.1) is 5.92 Å². The van der Waals surface area contributed by atoms with Gasteiger partial charge in [0.1, 0.15) is 0 Å². The molecule has 1 aromatic heterocycles. The molecule has 2 fully saturated rings. The van der Waals surface area contributed by atoms with Crippen molar-refractivity contribution in [3.8, 4) is 0 Å². The average molecular weight is 367 g/mol. The minimum atomic E-state index is 0.114. The van der Waals surface area contributed by atoms with E-state index in [2.05, 4.69) is 22.0 Å². The number of carbonyl (C=O) groups excluding carboxylic acids is 1. The third kappa shape index (κ3) is 4.14. The molecular formula is C22H29N3O2. The second kappa shape index (κ2) is 8.36. The number of nitrogens with zero attached hydrogens (tertiary/aromatic N) is 3. The van der Waals surface area contributed by atoms with Crippen LogP contribution in [0.4, 0.5) is 0 Å². The Morgan fingerprint density at radius 3 is 2.96 bits per heavy atom. The van der Waals surface area contributed by atoms with Gasteiger partial charge in [0.15, 0.2) is 0 Å². The fourth-order valence-corrected chi connectivity index (χ4v) is 4.56. The van der Waals surface area contributed by atoms with E-state index in [1.807, 2.05) is 36.5 Å². The summed E-state index contributed by atoms with van der Waals surface area (Å²) in [5.41, 5.74) is 1.18. The van der Waals surface area contributed by atoms with Gasteiger partial charge in [0.2, 0.25) is 5.91 Å². The quantitative estimate of drug-likeness (QED) is 0.833. The highest BCUT2D eigenvalue weighted by Crippen LogP contribution is 2.25. The number of fused-ring (bicyclic) bond motifs is 1. The van der Waals surface area contributed by atoms with Gasteiger partial charge in [0.25, 0.3) is 0 Å². The van der Waals surface area contributed by atoms with E-state index >= 15 is 0 Å². The van der Waals surface area contributed by atoms with Crippen LogP contribution in [0.3, 0.4) is 0 Å². The van der Waals surface area contributed by atoms with Crippen LogP contribution >= 0.6 is 0 Å². The monoisotopic (exact) mass is 367 g/mol. The number of hydrogen-bond donors (Lipinski definition) is 0. The van der Waals surface area contributed by atoms with Gasteiger partial charge in [-0.15, -0.1) is 0 Å². The SMILES string of the molecule is CN(Cc1cccc2cnccc12)C(=O)C1CCCN(C2CCOCC2)C1. The summed E-state index contributed by atoms with van der Waals surface area (Å²) in [4.78, 5) is 21.8. The van der Waals surface area contributed by atoms with Gasteiger partial charge in [-0.2, -0.15) is 0 Å². The molecule has 1 atom stereocenters. The van der Waals surface area contributed by atoms with E-state index < -0.39 is 0 Å². The molecule has 5 heteroatoms. The first-order chi connectivity index (χ1) is 13.2. The van der Waals surface area contributed by atoms with Crippen LogP contribution in [-0.4, -0.2) is 60.1 Å². The van der Waals surface area contributed by atoms with Gasteiger partial charge < -0.3 is 9.64 Å². The molecule has 2 aliphatic heterocycles. The lowest BCUT2D eigenvalue weighted by atomic mass is 9.93. The van der Waals surface area contributed by atoms with Crippen molar-refractivity contribution in [3.63, 3.8) is 0 Å². The first-order valence-electron chi connectivity index (χ1n) is 10.1. The summed E-state index contributed by atoms with van der Waals surface area (Å²) in [6.07, 6.45) is 8.01. The summed E-state index contributed by atoms with van der Waals surface area (Å²) in [6, 6.07) is 8.86. The summed E-state index contributed by atoms with van der Waals surface area (Å²) in [7, 11) is 1.94. The second-order valence-electron chi connectivity index (χ2n) is 7.89. The zero-order valence-electron chi connectivity index (χ0n) is 16.1. The van der Waals surface area contributed by atoms with Crippen LogP contribution < -0.4 is 0 Å². The number of rotatable bonds is 4. The van der Waals surface area contributed by atoms with E-state index in [0.29, 0.717) is 12.6 Å². The van der Waals surface area contributed by atoms with E-state index in [-0.39, 0.29) is 11.8 Å². The minimum Gasteiger partial charge on any atom is -0.381 e. The molecule has 0 spiro atoms. The maximum absolute atomic E-state index is 13.1. The number of ether oxygens (including phenoxy) is 1. The number of piperidine rings is 1. The van der Waals surface area contributed by atoms with Crippen LogP contribution in [-0.2, 0) is 16.1 Å². The third-order valence-electron chi connectivity index (χ3n) is 6.06. The van der Waals surface area contributed by atoms with Crippen LogP contribution in [0.5, 0.6) is 0 Å². The zero-order chi connectivity index (χ0) is 18.6. The highest BCUT2D eigenvalue weighted by Gasteiger charge is 2.32. The molecule has 1 unspecified atom stereocenters. The van der Waals surface area contributed by atoms with Gasteiger partial charge in [-0.05, 0) is 49.2 Å². The molecule has 3 heterocycles. The maximum atomic E-state index is 13.1. The molecule has 1 aromatic carbocycles. The molecule has 1 amide bonds. The number of aromatic nitrogens is 1. The van der Waals surface area contributed by atoms with Crippen LogP contribution in [0.15, 0.2) is 36.7 Å². The van der Waals surface area contributed by atoms with Crippen LogP contribution in [0.2, 0.25) is 0 Å². The standard InChI is InChI=1S/C22H29N3O2/c1-24(15-18-5-2-4-17-14-23-10-7-21(17)18)22(26)19-6-3-11-25(16-19)20-8-12-27-13-9-20/h2,4-5,7,10,14,19-20H,3,6,8-9,11-13,15-16H2,1H3. The Balaban J connectivity index is 1.42. The predicted molar refractivity (Wildman–Crippen MR) is 106 cm³/mol. The number of hydrogen-bond acceptors (Lipinski definition) is 4. The lowest BCUT2D eigenvalue weighted by Gasteiger charge is -2.40. The molecule has 27 heavy (non-hydrogen) atoms. The zero-order valence-corrected chi connectivity index (χ0v) is 16.1. The molecule has 0 radical (unpaired) electrons. The molecule has 0 aliphatic carbocycles. The second-order valence-corrected chi connectivity index (χ2v) is 7.89. The van der Waals surface area contributed by atoms with Crippen molar-refractivity contribution in [1.82, 2.24) is 14.8 Å². The molecule has 0 saturated carbocycles. The average Bonchev–Trinajstić information content (AvgIpc) is 2.74. The minimum absolute atomic E-state index is 0.114. The van der Waals surface area contributed by atoms with Crippen molar-refractivity contribution in [2.24, 2.45) is 5.92 Å². The Morgan fingerprint density at radius 1 is 1.26 bits per heavy atom. The predicted octanol–water partition coefficient (Wildman–Crippen LogP) is 3.08. The molecule has 144 valence electrons.